The summed E-state index contributed by atoms with van der Waals surface area (Å²) in [6.07, 6.45) is 0.509. The van der Waals surface area contributed by atoms with Gasteiger partial charge in [-0.1, -0.05) is 41.5 Å². The fraction of sp³-hybridized carbons (Fsp3) is 0.733. The molecular weight excluding hydrogens is 292 g/mol. The summed E-state index contributed by atoms with van der Waals surface area (Å²) < 4.78 is 27.6. The maximum atomic E-state index is 11.5. The van der Waals surface area contributed by atoms with E-state index >= 15 is 0 Å². The second-order valence-electron chi connectivity index (χ2n) is 7.14. The molecule has 1 aromatic heterocycles. The molecular formula is C15H26O3S2. The van der Waals surface area contributed by atoms with Crippen molar-refractivity contribution in [2.24, 2.45) is 0 Å². The molecule has 1 rings (SSSR count). The van der Waals surface area contributed by atoms with Crippen LogP contribution in [0.5, 0.6) is 0 Å². The summed E-state index contributed by atoms with van der Waals surface area (Å²) in [7, 11) is -2.19. The number of aryl methyl sites for hydroxylation is 1. The van der Waals surface area contributed by atoms with Crippen LogP contribution in [0.15, 0.2) is 6.07 Å². The van der Waals surface area contributed by atoms with E-state index in [-0.39, 0.29) is 16.6 Å². The van der Waals surface area contributed by atoms with Gasteiger partial charge in [0.25, 0.3) is 10.1 Å². The summed E-state index contributed by atoms with van der Waals surface area (Å²) in [6.45, 7) is 13.0. The smallest absolute Gasteiger partial charge is 0.267 e. The normalized spacial score (nSPS) is 13.8. The molecule has 0 saturated heterocycles. The van der Waals surface area contributed by atoms with Gasteiger partial charge in [0.2, 0.25) is 0 Å². The zero-order valence-corrected chi connectivity index (χ0v) is 15.2. The summed E-state index contributed by atoms with van der Waals surface area (Å²) in [5, 5.41) is 0. The molecule has 5 heteroatoms. The highest BCUT2D eigenvalue weighted by Crippen LogP contribution is 2.39. The minimum absolute atomic E-state index is 0.0281. The topological polar surface area (TPSA) is 43.4 Å². The standard InChI is InChI=1S/C15H26O3S2/c1-14(2,3)12-10-11(8-9-20(16,17)18-7)13(19-12)15(4,5)6/h10H,8-9H2,1-7H3. The summed E-state index contributed by atoms with van der Waals surface area (Å²) in [5.41, 5.74) is 1.25. The van der Waals surface area contributed by atoms with E-state index < -0.39 is 10.1 Å². The van der Waals surface area contributed by atoms with E-state index in [9.17, 15) is 8.42 Å². The van der Waals surface area contributed by atoms with E-state index in [0.29, 0.717) is 6.42 Å². The number of rotatable bonds is 4. The van der Waals surface area contributed by atoms with Crippen molar-refractivity contribution in [1.82, 2.24) is 0 Å². The summed E-state index contributed by atoms with van der Waals surface area (Å²) in [4.78, 5) is 2.57. The van der Waals surface area contributed by atoms with Crippen LogP contribution in [0, 0.1) is 0 Å². The van der Waals surface area contributed by atoms with Crippen molar-refractivity contribution in [2.45, 2.75) is 58.8 Å². The lowest BCUT2D eigenvalue weighted by Gasteiger charge is -2.19. The van der Waals surface area contributed by atoms with E-state index in [1.807, 2.05) is 0 Å². The Morgan fingerprint density at radius 1 is 1.10 bits per heavy atom. The average Bonchev–Trinajstić information content (AvgIpc) is 2.70. The van der Waals surface area contributed by atoms with Crippen molar-refractivity contribution in [3.8, 4) is 0 Å². The van der Waals surface area contributed by atoms with Crippen LogP contribution in [-0.4, -0.2) is 21.3 Å². The molecule has 0 spiro atoms. The Labute approximate surface area is 127 Å². The van der Waals surface area contributed by atoms with E-state index in [1.165, 1.54) is 16.9 Å². The molecule has 0 fully saturated rings. The van der Waals surface area contributed by atoms with Gasteiger partial charge in [0, 0.05) is 9.75 Å². The van der Waals surface area contributed by atoms with Crippen molar-refractivity contribution in [3.63, 3.8) is 0 Å². The molecule has 20 heavy (non-hydrogen) atoms. The Kier molecular flexibility index (Phi) is 5.10. The quantitative estimate of drug-likeness (QED) is 0.792. The second kappa shape index (κ2) is 5.78. The summed E-state index contributed by atoms with van der Waals surface area (Å²) in [5.74, 6) is 0.0346. The molecule has 0 aliphatic carbocycles. The van der Waals surface area contributed by atoms with Gasteiger partial charge in [0.1, 0.15) is 0 Å². The van der Waals surface area contributed by atoms with Crippen LogP contribution in [0.2, 0.25) is 0 Å². The highest BCUT2D eigenvalue weighted by atomic mass is 32.2. The van der Waals surface area contributed by atoms with Gasteiger partial charge in [-0.2, -0.15) is 8.42 Å². The summed E-state index contributed by atoms with van der Waals surface area (Å²) >= 11 is 1.80. The Bertz CT molecular complexity index is 555. The van der Waals surface area contributed by atoms with E-state index in [2.05, 4.69) is 51.8 Å². The van der Waals surface area contributed by atoms with Crippen molar-refractivity contribution >= 4 is 21.5 Å². The Morgan fingerprint density at radius 3 is 2.05 bits per heavy atom. The van der Waals surface area contributed by atoms with E-state index in [0.717, 1.165) is 5.56 Å². The zero-order chi connectivity index (χ0) is 15.8. The molecule has 1 heterocycles. The van der Waals surface area contributed by atoms with Gasteiger partial charge >= 0.3 is 0 Å². The van der Waals surface area contributed by atoms with Gasteiger partial charge in [-0.25, -0.2) is 0 Å². The lowest BCUT2D eigenvalue weighted by Crippen LogP contribution is -2.14. The highest BCUT2D eigenvalue weighted by Gasteiger charge is 2.26. The Balaban J connectivity index is 3.14. The zero-order valence-electron chi connectivity index (χ0n) is 13.5. The third-order valence-electron chi connectivity index (χ3n) is 3.10. The monoisotopic (exact) mass is 318 g/mol. The van der Waals surface area contributed by atoms with E-state index in [4.69, 9.17) is 0 Å². The predicted octanol–water partition coefficient (Wildman–Crippen LogP) is 3.86. The van der Waals surface area contributed by atoms with Crippen LogP contribution in [0.1, 0.15) is 56.9 Å². The molecule has 0 aromatic carbocycles. The molecule has 3 nitrogen and oxygen atoms in total. The minimum atomic E-state index is -3.40. The van der Waals surface area contributed by atoms with Crippen molar-refractivity contribution in [2.75, 3.05) is 12.9 Å². The van der Waals surface area contributed by atoms with Crippen molar-refractivity contribution < 1.29 is 12.6 Å². The Morgan fingerprint density at radius 2 is 1.65 bits per heavy atom. The predicted molar refractivity (Wildman–Crippen MR) is 86.2 cm³/mol. The van der Waals surface area contributed by atoms with Crippen LogP contribution < -0.4 is 0 Å². The number of hydrogen-bond acceptors (Lipinski definition) is 4. The van der Waals surface area contributed by atoms with Crippen molar-refractivity contribution in [1.29, 1.82) is 0 Å². The van der Waals surface area contributed by atoms with Gasteiger partial charge < -0.3 is 0 Å². The molecule has 0 aliphatic heterocycles. The van der Waals surface area contributed by atoms with Gasteiger partial charge in [-0.15, -0.1) is 11.3 Å². The van der Waals surface area contributed by atoms with E-state index in [1.54, 1.807) is 11.3 Å². The molecule has 0 aliphatic rings. The first-order valence-electron chi connectivity index (χ1n) is 6.79. The maximum Gasteiger partial charge on any atom is 0.267 e. The van der Waals surface area contributed by atoms with Gasteiger partial charge in [0.15, 0.2) is 0 Å². The van der Waals surface area contributed by atoms with Crippen LogP contribution in [-0.2, 0) is 31.6 Å². The third-order valence-corrected chi connectivity index (χ3v) is 6.35. The van der Waals surface area contributed by atoms with Gasteiger partial charge in [-0.05, 0) is 28.9 Å². The minimum Gasteiger partial charge on any atom is -0.273 e. The highest BCUT2D eigenvalue weighted by molar-refractivity contribution is 7.86. The first-order valence-corrected chi connectivity index (χ1v) is 9.18. The molecule has 0 atom stereocenters. The lowest BCUT2D eigenvalue weighted by atomic mass is 9.89. The molecule has 0 bridgehead atoms. The van der Waals surface area contributed by atoms with Crippen LogP contribution >= 0.6 is 11.3 Å². The maximum absolute atomic E-state index is 11.5. The molecule has 116 valence electrons. The molecule has 0 amide bonds. The second-order valence-corrected chi connectivity index (χ2v) is 10.1. The lowest BCUT2D eigenvalue weighted by molar-refractivity contribution is 0.397. The molecule has 0 radical (unpaired) electrons. The fourth-order valence-corrected chi connectivity index (χ4v) is 3.90. The fourth-order valence-electron chi connectivity index (χ4n) is 1.94. The van der Waals surface area contributed by atoms with Crippen molar-refractivity contribution in [3.05, 3.63) is 21.4 Å². The molecule has 0 saturated carbocycles. The Hall–Kier alpha value is -0.390. The molecule has 1 aromatic rings. The van der Waals surface area contributed by atoms with Crippen LogP contribution in [0.25, 0.3) is 0 Å². The third kappa shape index (κ3) is 4.57. The SMILES string of the molecule is COS(=O)(=O)CCc1cc(C(C)(C)C)sc1C(C)(C)C. The van der Waals surface area contributed by atoms with Crippen LogP contribution in [0.3, 0.4) is 0 Å². The molecule has 0 unspecified atom stereocenters. The number of thiophene rings is 1. The molecule has 0 N–H and O–H groups in total. The van der Waals surface area contributed by atoms with Gasteiger partial charge in [0.05, 0.1) is 12.9 Å². The largest absolute Gasteiger partial charge is 0.273 e. The summed E-state index contributed by atoms with van der Waals surface area (Å²) in [6, 6.07) is 2.16. The van der Waals surface area contributed by atoms with Crippen LogP contribution in [0.4, 0.5) is 0 Å². The first kappa shape index (κ1) is 17.7. The number of hydrogen-bond donors (Lipinski definition) is 0. The van der Waals surface area contributed by atoms with Gasteiger partial charge in [-0.3, -0.25) is 4.18 Å². The first-order chi connectivity index (χ1) is 8.87. The average molecular weight is 319 g/mol.